The second-order valence-electron chi connectivity index (χ2n) is 6.53. The van der Waals surface area contributed by atoms with Crippen LogP contribution < -0.4 is 0 Å². The van der Waals surface area contributed by atoms with E-state index in [9.17, 15) is 9.18 Å². The molecule has 0 bridgehead atoms. The number of carbonyl (C=O) groups excluding carboxylic acids is 1. The fourth-order valence-corrected chi connectivity index (χ4v) is 3.61. The van der Waals surface area contributed by atoms with E-state index in [0.29, 0.717) is 6.54 Å². The molecule has 0 radical (unpaired) electrons. The second kappa shape index (κ2) is 7.08. The molecule has 0 saturated heterocycles. The van der Waals surface area contributed by atoms with Gasteiger partial charge < -0.3 is 4.90 Å². The van der Waals surface area contributed by atoms with Crippen molar-refractivity contribution in [2.24, 2.45) is 0 Å². The Balaban J connectivity index is 1.68. The number of nitrogens with zero attached hydrogens (tertiary/aromatic N) is 2. The SMILES string of the molecule is O=C(Cc1ccc(F)cc1)N1CCc2ccccc2C1c1cccnc1. The van der Waals surface area contributed by atoms with Crippen LogP contribution in [0.1, 0.15) is 28.3 Å². The highest BCUT2D eigenvalue weighted by atomic mass is 19.1. The summed E-state index contributed by atoms with van der Waals surface area (Å²) in [6, 6.07) is 18.2. The van der Waals surface area contributed by atoms with E-state index in [1.54, 1.807) is 18.3 Å². The van der Waals surface area contributed by atoms with Crippen LogP contribution in [0.25, 0.3) is 0 Å². The Morgan fingerprint density at radius 2 is 1.88 bits per heavy atom. The summed E-state index contributed by atoms with van der Waals surface area (Å²) < 4.78 is 13.1. The number of pyridine rings is 1. The summed E-state index contributed by atoms with van der Waals surface area (Å²) in [6.45, 7) is 0.663. The lowest BCUT2D eigenvalue weighted by atomic mass is 9.88. The van der Waals surface area contributed by atoms with Gasteiger partial charge in [0.05, 0.1) is 12.5 Å². The predicted molar refractivity (Wildman–Crippen MR) is 98.0 cm³/mol. The van der Waals surface area contributed by atoms with Crippen LogP contribution in [0.2, 0.25) is 0 Å². The number of aromatic nitrogens is 1. The zero-order valence-electron chi connectivity index (χ0n) is 14.3. The van der Waals surface area contributed by atoms with Crippen molar-refractivity contribution < 1.29 is 9.18 Å². The maximum absolute atomic E-state index is 13.1. The molecular formula is C22H19FN2O. The van der Waals surface area contributed by atoms with Crippen molar-refractivity contribution in [3.63, 3.8) is 0 Å². The highest BCUT2D eigenvalue weighted by molar-refractivity contribution is 5.80. The summed E-state index contributed by atoms with van der Waals surface area (Å²) >= 11 is 0. The molecular weight excluding hydrogens is 327 g/mol. The molecule has 2 heterocycles. The van der Waals surface area contributed by atoms with Crippen molar-refractivity contribution in [3.05, 3.63) is 101 Å². The minimum absolute atomic E-state index is 0.0416. The molecule has 4 heteroatoms. The van der Waals surface area contributed by atoms with Gasteiger partial charge in [-0.1, -0.05) is 42.5 Å². The zero-order valence-corrected chi connectivity index (χ0v) is 14.3. The molecule has 1 aliphatic heterocycles. The lowest BCUT2D eigenvalue weighted by molar-refractivity contribution is -0.132. The average Bonchev–Trinajstić information content (AvgIpc) is 2.69. The van der Waals surface area contributed by atoms with Crippen molar-refractivity contribution in [2.45, 2.75) is 18.9 Å². The quantitative estimate of drug-likeness (QED) is 0.720. The average molecular weight is 346 g/mol. The number of amides is 1. The molecule has 1 atom stereocenters. The van der Waals surface area contributed by atoms with Crippen LogP contribution in [0.15, 0.2) is 73.1 Å². The number of hydrogen-bond donors (Lipinski definition) is 0. The maximum Gasteiger partial charge on any atom is 0.227 e. The van der Waals surface area contributed by atoms with Gasteiger partial charge in [0.1, 0.15) is 5.82 Å². The standard InChI is InChI=1S/C22H19FN2O/c23-19-9-7-16(8-10-19)14-21(26)25-13-11-17-4-1-2-6-20(17)22(25)18-5-3-12-24-15-18/h1-10,12,15,22H,11,13-14H2. The number of carbonyl (C=O) groups is 1. The molecule has 0 saturated carbocycles. The van der Waals surface area contributed by atoms with Crippen LogP contribution in [0.4, 0.5) is 4.39 Å². The van der Waals surface area contributed by atoms with Gasteiger partial charge in [0.15, 0.2) is 0 Å². The second-order valence-corrected chi connectivity index (χ2v) is 6.53. The number of rotatable bonds is 3. The summed E-state index contributed by atoms with van der Waals surface area (Å²) in [5, 5.41) is 0. The molecule has 2 aromatic carbocycles. The minimum Gasteiger partial charge on any atom is -0.331 e. The third-order valence-corrected chi connectivity index (χ3v) is 4.87. The van der Waals surface area contributed by atoms with Crippen LogP contribution in [-0.2, 0) is 17.6 Å². The minimum atomic E-state index is -0.290. The summed E-state index contributed by atoms with van der Waals surface area (Å²) in [5.74, 6) is -0.249. The van der Waals surface area contributed by atoms with E-state index in [-0.39, 0.29) is 24.2 Å². The van der Waals surface area contributed by atoms with Crippen molar-refractivity contribution >= 4 is 5.91 Å². The van der Waals surface area contributed by atoms with Gasteiger partial charge in [-0.2, -0.15) is 0 Å². The summed E-state index contributed by atoms with van der Waals surface area (Å²) in [5.41, 5.74) is 4.25. The maximum atomic E-state index is 13.1. The monoisotopic (exact) mass is 346 g/mol. The van der Waals surface area contributed by atoms with Gasteiger partial charge in [-0.05, 0) is 46.9 Å². The predicted octanol–water partition coefficient (Wildman–Crippen LogP) is 3.94. The van der Waals surface area contributed by atoms with Crippen LogP contribution in [-0.4, -0.2) is 22.3 Å². The van der Waals surface area contributed by atoms with E-state index in [0.717, 1.165) is 23.1 Å². The van der Waals surface area contributed by atoms with E-state index >= 15 is 0 Å². The van der Waals surface area contributed by atoms with Crippen LogP contribution in [0.3, 0.4) is 0 Å². The molecule has 0 fully saturated rings. The molecule has 1 unspecified atom stereocenters. The Labute approximate surface area is 152 Å². The van der Waals surface area contributed by atoms with E-state index < -0.39 is 0 Å². The summed E-state index contributed by atoms with van der Waals surface area (Å²) in [7, 11) is 0. The number of fused-ring (bicyclic) bond motifs is 1. The lowest BCUT2D eigenvalue weighted by Crippen LogP contribution is -2.41. The molecule has 26 heavy (non-hydrogen) atoms. The Hall–Kier alpha value is -3.01. The highest BCUT2D eigenvalue weighted by Crippen LogP contribution is 2.35. The van der Waals surface area contributed by atoms with E-state index in [1.807, 2.05) is 35.4 Å². The third kappa shape index (κ3) is 3.23. The smallest absolute Gasteiger partial charge is 0.227 e. The van der Waals surface area contributed by atoms with Gasteiger partial charge in [-0.3, -0.25) is 9.78 Å². The van der Waals surface area contributed by atoms with Crippen LogP contribution in [0, 0.1) is 5.82 Å². The van der Waals surface area contributed by atoms with E-state index in [4.69, 9.17) is 0 Å². The zero-order chi connectivity index (χ0) is 17.9. The van der Waals surface area contributed by atoms with Gasteiger partial charge in [0.25, 0.3) is 0 Å². The van der Waals surface area contributed by atoms with Crippen molar-refractivity contribution in [1.29, 1.82) is 0 Å². The summed E-state index contributed by atoms with van der Waals surface area (Å²) in [4.78, 5) is 19.2. The Morgan fingerprint density at radius 3 is 2.65 bits per heavy atom. The van der Waals surface area contributed by atoms with Crippen molar-refractivity contribution in [3.8, 4) is 0 Å². The molecule has 0 spiro atoms. The Kier molecular flexibility index (Phi) is 4.48. The molecule has 3 aromatic rings. The van der Waals surface area contributed by atoms with Gasteiger partial charge in [0.2, 0.25) is 5.91 Å². The van der Waals surface area contributed by atoms with Gasteiger partial charge in [-0.25, -0.2) is 4.39 Å². The lowest BCUT2D eigenvalue weighted by Gasteiger charge is -2.37. The van der Waals surface area contributed by atoms with Crippen LogP contribution >= 0.6 is 0 Å². The van der Waals surface area contributed by atoms with Gasteiger partial charge in [0, 0.05) is 18.9 Å². The fourth-order valence-electron chi connectivity index (χ4n) is 3.61. The fraction of sp³-hybridized carbons (Fsp3) is 0.182. The molecule has 1 amide bonds. The molecule has 1 aromatic heterocycles. The first-order valence-corrected chi connectivity index (χ1v) is 8.74. The Morgan fingerprint density at radius 1 is 1.08 bits per heavy atom. The molecule has 1 aliphatic rings. The first-order valence-electron chi connectivity index (χ1n) is 8.74. The number of halogens is 1. The van der Waals surface area contributed by atoms with Crippen LogP contribution in [0.5, 0.6) is 0 Å². The van der Waals surface area contributed by atoms with E-state index in [2.05, 4.69) is 17.1 Å². The summed E-state index contributed by atoms with van der Waals surface area (Å²) in [6.07, 6.45) is 4.66. The first-order chi connectivity index (χ1) is 12.7. The molecule has 130 valence electrons. The topological polar surface area (TPSA) is 33.2 Å². The number of benzene rings is 2. The van der Waals surface area contributed by atoms with E-state index in [1.165, 1.54) is 17.7 Å². The first kappa shape index (κ1) is 16.5. The highest BCUT2D eigenvalue weighted by Gasteiger charge is 2.31. The largest absolute Gasteiger partial charge is 0.331 e. The molecule has 0 N–H and O–H groups in total. The van der Waals surface area contributed by atoms with Crippen molar-refractivity contribution in [2.75, 3.05) is 6.54 Å². The van der Waals surface area contributed by atoms with Gasteiger partial charge in [-0.15, -0.1) is 0 Å². The normalized spacial score (nSPS) is 16.2. The molecule has 0 aliphatic carbocycles. The molecule has 3 nitrogen and oxygen atoms in total. The number of hydrogen-bond acceptors (Lipinski definition) is 2. The molecule has 4 rings (SSSR count). The van der Waals surface area contributed by atoms with Crippen molar-refractivity contribution in [1.82, 2.24) is 9.88 Å². The Bertz CT molecular complexity index is 909. The van der Waals surface area contributed by atoms with Gasteiger partial charge >= 0.3 is 0 Å². The third-order valence-electron chi connectivity index (χ3n) is 4.87.